The molecule has 0 aliphatic carbocycles. The lowest BCUT2D eigenvalue weighted by molar-refractivity contribution is -0.656. The Labute approximate surface area is 167 Å². The molecule has 0 unspecified atom stereocenters. The van der Waals surface area contributed by atoms with E-state index in [0.717, 1.165) is 28.8 Å². The molecule has 0 fully saturated rings. The van der Waals surface area contributed by atoms with Crippen LogP contribution in [-0.4, -0.2) is 45.2 Å². The van der Waals surface area contributed by atoms with Crippen LogP contribution in [0, 0.1) is 10.1 Å². The summed E-state index contributed by atoms with van der Waals surface area (Å²) >= 11 is 1.70. The normalized spacial score (nSPS) is 21.6. The predicted octanol–water partition coefficient (Wildman–Crippen LogP) is 3.16. The van der Waals surface area contributed by atoms with Crippen LogP contribution in [0.5, 0.6) is 5.75 Å². The van der Waals surface area contributed by atoms with Crippen molar-refractivity contribution in [1.29, 1.82) is 0 Å². The van der Waals surface area contributed by atoms with E-state index < -0.39 is 10.6 Å². The maximum Gasteiger partial charge on any atom is 0.316 e. The topological polar surface area (TPSA) is 78.9 Å². The SMILES string of the molecule is CCOc1ccc(N2C[C@@](O)(c3cccc([N+](=O)[O-])c3)[N+]3=C2SCCC3)cc1. The van der Waals surface area contributed by atoms with Crippen LogP contribution in [0.2, 0.25) is 0 Å². The molecular weight excluding hydrogens is 378 g/mol. The Morgan fingerprint density at radius 3 is 2.82 bits per heavy atom. The van der Waals surface area contributed by atoms with Crippen LogP contribution in [0.15, 0.2) is 48.5 Å². The van der Waals surface area contributed by atoms with Crippen molar-refractivity contribution in [3.8, 4) is 5.75 Å². The molecule has 2 aliphatic heterocycles. The summed E-state index contributed by atoms with van der Waals surface area (Å²) in [5.41, 5.74) is 0.166. The van der Waals surface area contributed by atoms with Crippen LogP contribution in [0.25, 0.3) is 0 Å². The number of amidine groups is 1. The number of aliphatic hydroxyl groups is 1. The number of rotatable bonds is 5. The maximum absolute atomic E-state index is 11.6. The van der Waals surface area contributed by atoms with Crippen LogP contribution in [-0.2, 0) is 5.72 Å². The molecule has 2 aliphatic rings. The second-order valence-corrected chi connectivity index (χ2v) is 7.84. The van der Waals surface area contributed by atoms with Crippen LogP contribution in [0.4, 0.5) is 11.4 Å². The first-order chi connectivity index (χ1) is 13.5. The number of hydrogen-bond donors (Lipinski definition) is 1. The molecule has 0 saturated heterocycles. The van der Waals surface area contributed by atoms with E-state index in [1.54, 1.807) is 23.9 Å². The summed E-state index contributed by atoms with van der Waals surface area (Å²) in [4.78, 5) is 12.9. The van der Waals surface area contributed by atoms with E-state index in [9.17, 15) is 15.2 Å². The van der Waals surface area contributed by atoms with Crippen molar-refractivity contribution in [3.63, 3.8) is 0 Å². The van der Waals surface area contributed by atoms with E-state index >= 15 is 0 Å². The molecule has 0 saturated carbocycles. The van der Waals surface area contributed by atoms with E-state index in [2.05, 4.69) is 4.90 Å². The molecule has 28 heavy (non-hydrogen) atoms. The number of anilines is 1. The van der Waals surface area contributed by atoms with Crippen molar-refractivity contribution in [3.05, 3.63) is 64.2 Å². The lowest BCUT2D eigenvalue weighted by atomic mass is 10.0. The lowest BCUT2D eigenvalue weighted by Gasteiger charge is -2.24. The number of hydrogen-bond acceptors (Lipinski definition) is 6. The molecule has 4 rings (SSSR count). The highest BCUT2D eigenvalue weighted by Crippen LogP contribution is 2.38. The molecular formula is C20H22N3O4S+. The van der Waals surface area contributed by atoms with Crippen molar-refractivity contribution in [2.24, 2.45) is 0 Å². The predicted molar refractivity (Wildman–Crippen MR) is 109 cm³/mol. The second kappa shape index (κ2) is 7.44. The van der Waals surface area contributed by atoms with E-state index in [1.165, 1.54) is 12.1 Å². The summed E-state index contributed by atoms with van der Waals surface area (Å²) in [5, 5.41) is 23.8. The smallest absolute Gasteiger partial charge is 0.316 e. The Morgan fingerprint density at radius 1 is 1.32 bits per heavy atom. The number of nitro groups is 1. The highest BCUT2D eigenvalue weighted by atomic mass is 32.2. The van der Waals surface area contributed by atoms with Gasteiger partial charge in [-0.2, -0.15) is 0 Å². The Balaban J connectivity index is 1.73. The molecule has 2 aromatic rings. The Morgan fingerprint density at radius 2 is 2.11 bits per heavy atom. The quantitative estimate of drug-likeness (QED) is 0.472. The first kappa shape index (κ1) is 18.8. The summed E-state index contributed by atoms with van der Waals surface area (Å²) < 4.78 is 7.49. The van der Waals surface area contributed by atoms with Crippen LogP contribution >= 0.6 is 11.8 Å². The van der Waals surface area contributed by atoms with Crippen molar-refractivity contribution in [2.45, 2.75) is 19.1 Å². The number of thioether (sulfide) groups is 1. The molecule has 7 nitrogen and oxygen atoms in total. The zero-order valence-electron chi connectivity index (χ0n) is 15.6. The molecule has 0 radical (unpaired) electrons. The fraction of sp³-hybridized carbons (Fsp3) is 0.350. The third kappa shape index (κ3) is 3.22. The summed E-state index contributed by atoms with van der Waals surface area (Å²) in [7, 11) is 0. The fourth-order valence-electron chi connectivity index (χ4n) is 3.71. The summed E-state index contributed by atoms with van der Waals surface area (Å²) in [6, 6.07) is 14.1. The van der Waals surface area contributed by atoms with Gasteiger partial charge >= 0.3 is 5.17 Å². The maximum atomic E-state index is 11.6. The van der Waals surface area contributed by atoms with Gasteiger partial charge in [0.05, 0.1) is 18.1 Å². The Bertz CT molecular complexity index is 931. The molecule has 0 spiro atoms. The fourth-order valence-corrected chi connectivity index (χ4v) is 4.89. The molecule has 8 heteroatoms. The van der Waals surface area contributed by atoms with E-state index in [1.807, 2.05) is 35.8 Å². The van der Waals surface area contributed by atoms with E-state index in [0.29, 0.717) is 25.3 Å². The van der Waals surface area contributed by atoms with Crippen molar-refractivity contribution in [2.75, 3.05) is 30.3 Å². The zero-order chi connectivity index (χ0) is 19.7. The number of benzene rings is 2. The van der Waals surface area contributed by atoms with Crippen LogP contribution in [0.3, 0.4) is 0 Å². The minimum Gasteiger partial charge on any atom is -0.494 e. The molecule has 0 aromatic heterocycles. The van der Waals surface area contributed by atoms with Gasteiger partial charge in [-0.25, -0.2) is 9.48 Å². The summed E-state index contributed by atoms with van der Waals surface area (Å²) in [5.74, 6) is 1.78. The lowest BCUT2D eigenvalue weighted by Crippen LogP contribution is -2.41. The molecule has 1 N–H and O–H groups in total. The highest BCUT2D eigenvalue weighted by Gasteiger charge is 2.53. The standard InChI is InChI=1S/C20H22N3O4S/c1-2-27-18-9-7-16(8-10-18)21-14-20(24,22-11-4-12-28-19(21)22)15-5-3-6-17(13-15)23(25)26/h3,5-10,13,24H,2,4,11-12,14H2,1H3/q+1/t20-/m1/s1. The molecule has 0 bridgehead atoms. The molecule has 146 valence electrons. The van der Waals surface area contributed by atoms with Gasteiger partial charge < -0.3 is 9.84 Å². The minimum absolute atomic E-state index is 0.0170. The van der Waals surface area contributed by atoms with Crippen molar-refractivity contribution < 1.29 is 19.3 Å². The average molecular weight is 400 g/mol. The molecule has 2 aromatic carbocycles. The number of β-amino-alcohol motifs (C(OH)–C–C–N with tert-alkyl or cyclic N) is 1. The van der Waals surface area contributed by atoms with Gasteiger partial charge in [0.25, 0.3) is 11.4 Å². The number of nitro benzene ring substituents is 1. The van der Waals surface area contributed by atoms with Gasteiger partial charge in [0.2, 0.25) is 0 Å². The number of nitrogens with zero attached hydrogens (tertiary/aromatic N) is 3. The average Bonchev–Trinajstić information content (AvgIpc) is 3.03. The van der Waals surface area contributed by atoms with Crippen LogP contribution < -0.4 is 9.64 Å². The van der Waals surface area contributed by atoms with Gasteiger partial charge in [-0.15, -0.1) is 0 Å². The van der Waals surface area contributed by atoms with Gasteiger partial charge in [0.15, 0.2) is 6.54 Å². The van der Waals surface area contributed by atoms with Gasteiger partial charge in [-0.3, -0.25) is 10.1 Å². The summed E-state index contributed by atoms with van der Waals surface area (Å²) in [6.07, 6.45) is 0.947. The van der Waals surface area contributed by atoms with Crippen molar-refractivity contribution in [1.82, 2.24) is 0 Å². The Kier molecular flexibility index (Phi) is 4.99. The third-order valence-electron chi connectivity index (χ3n) is 5.02. The van der Waals surface area contributed by atoms with Gasteiger partial charge in [-0.05, 0) is 49.4 Å². The summed E-state index contributed by atoms with van der Waals surface area (Å²) in [6.45, 7) is 3.57. The van der Waals surface area contributed by atoms with Gasteiger partial charge in [0.1, 0.15) is 11.4 Å². The monoisotopic (exact) mass is 400 g/mol. The third-order valence-corrected chi connectivity index (χ3v) is 6.21. The first-order valence-electron chi connectivity index (χ1n) is 9.28. The van der Waals surface area contributed by atoms with E-state index in [4.69, 9.17) is 4.74 Å². The van der Waals surface area contributed by atoms with Gasteiger partial charge in [0, 0.05) is 23.4 Å². The van der Waals surface area contributed by atoms with E-state index in [-0.39, 0.29) is 5.69 Å². The molecule has 0 amide bonds. The minimum atomic E-state index is -1.31. The largest absolute Gasteiger partial charge is 0.494 e. The highest BCUT2D eigenvalue weighted by molar-refractivity contribution is 8.13. The number of ether oxygens (including phenoxy) is 1. The number of non-ortho nitro benzene ring substituents is 1. The van der Waals surface area contributed by atoms with Crippen LogP contribution in [0.1, 0.15) is 18.9 Å². The molecule has 1 atom stereocenters. The Hall–Kier alpha value is -2.58. The molecule has 2 heterocycles. The first-order valence-corrected chi connectivity index (χ1v) is 10.3. The van der Waals surface area contributed by atoms with Gasteiger partial charge in [-0.1, -0.05) is 12.1 Å². The zero-order valence-corrected chi connectivity index (χ0v) is 16.4. The second-order valence-electron chi connectivity index (χ2n) is 6.77. The van der Waals surface area contributed by atoms with Crippen molar-refractivity contribution >= 4 is 28.3 Å².